The Morgan fingerprint density at radius 1 is 1.14 bits per heavy atom. The second-order valence-electron chi connectivity index (χ2n) is 7.29. The Kier molecular flexibility index (Phi) is 4.60. The molecule has 2 aromatic heterocycles. The molecule has 0 N–H and O–H groups in total. The first kappa shape index (κ1) is 18.0. The molecule has 2 aliphatic rings. The highest BCUT2D eigenvalue weighted by Crippen LogP contribution is 2.45. The number of furan rings is 2. The monoisotopic (exact) mass is 406 g/mol. The van der Waals surface area contributed by atoms with Gasteiger partial charge in [-0.25, -0.2) is 5.01 Å². The highest BCUT2D eigenvalue weighted by atomic mass is 35.5. The largest absolute Gasteiger partial charge is 0.467 e. The van der Waals surface area contributed by atoms with E-state index in [0.717, 1.165) is 42.1 Å². The summed E-state index contributed by atoms with van der Waals surface area (Å²) in [5.74, 6) is 1.42. The Labute approximate surface area is 173 Å². The van der Waals surface area contributed by atoms with E-state index in [-0.39, 0.29) is 17.9 Å². The molecule has 2 atom stereocenters. The van der Waals surface area contributed by atoms with Gasteiger partial charge in [-0.05, 0) is 73.4 Å². The van der Waals surface area contributed by atoms with Crippen LogP contribution in [-0.4, -0.2) is 16.6 Å². The van der Waals surface area contributed by atoms with E-state index in [1.807, 2.05) is 30.3 Å². The molecule has 6 heteroatoms. The molecule has 0 saturated heterocycles. The maximum Gasteiger partial charge on any atom is 0.274 e. The van der Waals surface area contributed by atoms with Crippen molar-refractivity contribution in [1.82, 2.24) is 5.01 Å². The topological polar surface area (TPSA) is 59.0 Å². The van der Waals surface area contributed by atoms with Crippen molar-refractivity contribution in [3.63, 3.8) is 0 Å². The molecular formula is C23H19ClN2O3. The van der Waals surface area contributed by atoms with Crippen LogP contribution in [0.15, 0.2) is 80.6 Å². The van der Waals surface area contributed by atoms with Gasteiger partial charge in [0.15, 0.2) is 0 Å². The van der Waals surface area contributed by atoms with E-state index in [1.165, 1.54) is 0 Å². The van der Waals surface area contributed by atoms with Crippen molar-refractivity contribution in [3.05, 3.63) is 88.7 Å². The molecule has 1 aliphatic heterocycles. The molecule has 0 bridgehead atoms. The maximum atomic E-state index is 13.4. The summed E-state index contributed by atoms with van der Waals surface area (Å²) < 4.78 is 11.2. The first-order chi connectivity index (χ1) is 14.2. The minimum absolute atomic E-state index is 0.0826. The van der Waals surface area contributed by atoms with Gasteiger partial charge < -0.3 is 8.83 Å². The number of allylic oxidation sites excluding steroid dienone is 1. The van der Waals surface area contributed by atoms with Crippen LogP contribution < -0.4 is 0 Å². The van der Waals surface area contributed by atoms with E-state index in [9.17, 15) is 4.79 Å². The number of amides is 1. The van der Waals surface area contributed by atoms with Crippen LogP contribution in [0.25, 0.3) is 6.08 Å². The quantitative estimate of drug-likeness (QED) is 0.539. The number of fused-ring (bicyclic) bond motifs is 1. The molecule has 0 spiro atoms. The van der Waals surface area contributed by atoms with Gasteiger partial charge in [-0.15, -0.1) is 0 Å². The number of halogens is 1. The number of carbonyl (C=O) groups excluding carboxylic acids is 1. The van der Waals surface area contributed by atoms with Gasteiger partial charge in [0.1, 0.15) is 17.6 Å². The minimum atomic E-state index is -0.271. The van der Waals surface area contributed by atoms with Gasteiger partial charge in [-0.1, -0.05) is 17.7 Å². The van der Waals surface area contributed by atoms with E-state index < -0.39 is 0 Å². The molecule has 5 nitrogen and oxygen atoms in total. The van der Waals surface area contributed by atoms with Crippen LogP contribution in [0.4, 0.5) is 0 Å². The molecular weight excluding hydrogens is 388 g/mol. The number of hydrogen-bond donors (Lipinski definition) is 0. The highest BCUT2D eigenvalue weighted by Gasteiger charge is 2.45. The summed E-state index contributed by atoms with van der Waals surface area (Å²) in [4.78, 5) is 13.4. The van der Waals surface area contributed by atoms with E-state index in [4.69, 9.17) is 25.5 Å². The average Bonchev–Trinajstić information content (AvgIpc) is 3.48. The second-order valence-corrected chi connectivity index (χ2v) is 7.73. The van der Waals surface area contributed by atoms with Crippen molar-refractivity contribution in [2.75, 3.05) is 0 Å². The van der Waals surface area contributed by atoms with Crippen LogP contribution in [0.2, 0.25) is 5.02 Å². The predicted molar refractivity (Wildman–Crippen MR) is 111 cm³/mol. The normalized spacial score (nSPS) is 22.6. The van der Waals surface area contributed by atoms with Crippen LogP contribution >= 0.6 is 11.6 Å². The molecule has 1 saturated carbocycles. The summed E-state index contributed by atoms with van der Waals surface area (Å²) in [6, 6.07) is 14.2. The summed E-state index contributed by atoms with van der Waals surface area (Å²) in [7, 11) is 0. The van der Waals surface area contributed by atoms with Gasteiger partial charge in [-0.2, -0.15) is 5.10 Å². The van der Waals surface area contributed by atoms with Crippen LogP contribution in [-0.2, 0) is 0 Å². The Balaban J connectivity index is 1.57. The van der Waals surface area contributed by atoms with Crippen LogP contribution in [0, 0.1) is 5.92 Å². The fourth-order valence-electron chi connectivity index (χ4n) is 4.20. The fourth-order valence-corrected chi connectivity index (χ4v) is 4.40. The van der Waals surface area contributed by atoms with Crippen molar-refractivity contribution in [2.24, 2.45) is 11.0 Å². The number of hydrazone groups is 1. The number of hydrogen-bond acceptors (Lipinski definition) is 4. The zero-order chi connectivity index (χ0) is 19.8. The van der Waals surface area contributed by atoms with Gasteiger partial charge in [0.05, 0.1) is 18.2 Å². The van der Waals surface area contributed by atoms with E-state index in [2.05, 4.69) is 0 Å². The van der Waals surface area contributed by atoms with Gasteiger partial charge in [0.25, 0.3) is 5.91 Å². The van der Waals surface area contributed by atoms with Gasteiger partial charge >= 0.3 is 0 Å². The smallest absolute Gasteiger partial charge is 0.274 e. The van der Waals surface area contributed by atoms with Gasteiger partial charge in [-0.3, -0.25) is 4.79 Å². The summed E-state index contributed by atoms with van der Waals surface area (Å²) in [6.07, 6.45) is 8.19. The summed E-state index contributed by atoms with van der Waals surface area (Å²) >= 11 is 6.11. The summed E-state index contributed by atoms with van der Waals surface area (Å²) in [5, 5.41) is 6.89. The number of benzene rings is 1. The molecule has 1 aliphatic carbocycles. The second kappa shape index (κ2) is 7.41. The zero-order valence-electron chi connectivity index (χ0n) is 15.6. The SMILES string of the molecule is O=C(c1cccc(Cl)c1)N1N=C2/C(=C/c3ccco3)CCC[C@@H]2[C@H]1c1ccco1. The standard InChI is InChI=1S/C23H19ClN2O3/c24-17-7-1-6-16(13-17)23(27)26-22(20-10-4-12-29-20)19-9-2-5-15(21(19)25-26)14-18-8-3-11-28-18/h1,3-4,6-8,10-14,19,22H,2,5,9H2/b15-14+/t19-,22-/m0/s1. The molecule has 29 heavy (non-hydrogen) atoms. The Hall–Kier alpha value is -3.05. The van der Waals surface area contributed by atoms with Crippen molar-refractivity contribution >= 4 is 29.3 Å². The van der Waals surface area contributed by atoms with Crippen LogP contribution in [0.1, 0.15) is 47.2 Å². The summed E-state index contributed by atoms with van der Waals surface area (Å²) in [6.45, 7) is 0. The van der Waals surface area contributed by atoms with Crippen molar-refractivity contribution in [3.8, 4) is 0 Å². The zero-order valence-corrected chi connectivity index (χ0v) is 16.4. The van der Waals surface area contributed by atoms with Gasteiger partial charge in [0, 0.05) is 16.5 Å². The highest BCUT2D eigenvalue weighted by molar-refractivity contribution is 6.31. The minimum Gasteiger partial charge on any atom is -0.467 e. The molecule has 1 amide bonds. The third-order valence-corrected chi connectivity index (χ3v) is 5.71. The summed E-state index contributed by atoms with van der Waals surface area (Å²) in [5.41, 5.74) is 2.55. The maximum absolute atomic E-state index is 13.4. The molecule has 1 fully saturated rings. The lowest BCUT2D eigenvalue weighted by Crippen LogP contribution is -2.31. The number of nitrogens with zero attached hydrogens (tertiary/aromatic N) is 2. The Bertz CT molecular complexity index is 1080. The first-order valence-electron chi connectivity index (χ1n) is 9.66. The molecule has 0 radical (unpaired) electrons. The molecule has 146 valence electrons. The molecule has 1 aromatic carbocycles. The van der Waals surface area contributed by atoms with Crippen molar-refractivity contribution in [1.29, 1.82) is 0 Å². The lowest BCUT2D eigenvalue weighted by Gasteiger charge is -2.27. The third kappa shape index (κ3) is 3.32. The lowest BCUT2D eigenvalue weighted by molar-refractivity contribution is 0.0656. The van der Waals surface area contributed by atoms with Crippen molar-refractivity contribution in [2.45, 2.75) is 25.3 Å². The van der Waals surface area contributed by atoms with Crippen molar-refractivity contribution < 1.29 is 13.6 Å². The van der Waals surface area contributed by atoms with Crippen LogP contribution in [0.3, 0.4) is 0 Å². The third-order valence-electron chi connectivity index (χ3n) is 5.48. The average molecular weight is 407 g/mol. The predicted octanol–water partition coefficient (Wildman–Crippen LogP) is 5.96. The molecule has 0 unspecified atom stereocenters. The fraction of sp³-hybridized carbons (Fsp3) is 0.217. The van der Waals surface area contributed by atoms with Gasteiger partial charge in [0.2, 0.25) is 0 Å². The van der Waals surface area contributed by atoms with E-state index in [0.29, 0.717) is 10.6 Å². The lowest BCUT2D eigenvalue weighted by atomic mass is 9.79. The Morgan fingerprint density at radius 3 is 2.76 bits per heavy atom. The molecule has 3 aromatic rings. The van der Waals surface area contributed by atoms with E-state index in [1.54, 1.807) is 41.8 Å². The molecule has 3 heterocycles. The number of carbonyl (C=O) groups is 1. The van der Waals surface area contributed by atoms with Crippen LogP contribution in [0.5, 0.6) is 0 Å². The Morgan fingerprint density at radius 2 is 2.00 bits per heavy atom. The molecule has 5 rings (SSSR count). The first-order valence-corrected chi connectivity index (χ1v) is 10.0. The number of rotatable bonds is 3. The van der Waals surface area contributed by atoms with E-state index >= 15 is 0 Å².